The molecule has 6 bridgehead atoms. The number of carbonyl (C=O) groups is 4. The third kappa shape index (κ3) is 16.6. The summed E-state index contributed by atoms with van der Waals surface area (Å²) in [5, 5.41) is 31.5. The second kappa shape index (κ2) is 21.1. The Kier molecular flexibility index (Phi) is 16.9. The number of amides is 1. The lowest BCUT2D eigenvalue weighted by Crippen LogP contribution is -2.35. The van der Waals surface area contributed by atoms with Crippen LogP contribution in [-0.4, -0.2) is 95.7 Å². The lowest BCUT2D eigenvalue weighted by Gasteiger charge is -2.32. The zero-order valence-corrected chi connectivity index (χ0v) is 31.9. The number of carbonyl (C=O) groups excluding carboxylic acids is 1. The van der Waals surface area contributed by atoms with E-state index >= 15 is 0 Å². The Morgan fingerprint density at radius 2 is 1.38 bits per heavy atom. The maximum absolute atomic E-state index is 13.2. The van der Waals surface area contributed by atoms with Crippen molar-refractivity contribution in [1.29, 1.82) is 0 Å². The van der Waals surface area contributed by atoms with E-state index in [2.05, 4.69) is 45.8 Å². The summed E-state index contributed by atoms with van der Waals surface area (Å²) in [5.74, 6) is -5.25. The average molecular weight is 898 g/mol. The van der Waals surface area contributed by atoms with Gasteiger partial charge in [0.05, 0.1) is 18.1 Å². The first-order valence-corrected chi connectivity index (χ1v) is 17.6. The van der Waals surface area contributed by atoms with Crippen molar-refractivity contribution in [2.75, 3.05) is 33.9 Å². The lowest BCUT2D eigenvalue weighted by atomic mass is 9.93. The van der Waals surface area contributed by atoms with Gasteiger partial charge in [0.25, 0.3) is 0 Å². The molecular formula is C35H33ClF9N9O7. The summed E-state index contributed by atoms with van der Waals surface area (Å²) in [6.45, 7) is 3.67. The van der Waals surface area contributed by atoms with E-state index in [9.17, 15) is 44.3 Å². The molecule has 5 heterocycles. The number of halogens is 10. The molecule has 0 saturated carbocycles. The molecule has 26 heteroatoms. The van der Waals surface area contributed by atoms with E-state index < -0.39 is 36.4 Å². The average Bonchev–Trinajstić information content (AvgIpc) is 3.16. The molecule has 0 atom stereocenters. The van der Waals surface area contributed by atoms with Crippen LogP contribution in [0.1, 0.15) is 36.2 Å². The van der Waals surface area contributed by atoms with Crippen LogP contribution < -0.4 is 20.9 Å². The summed E-state index contributed by atoms with van der Waals surface area (Å²) in [6, 6.07) is 9.89. The number of nitrogens with zero attached hydrogens (tertiary/aromatic N) is 6. The van der Waals surface area contributed by atoms with Gasteiger partial charge >= 0.3 is 36.4 Å². The molecule has 0 unspecified atom stereocenters. The molecule has 1 aromatic carbocycles. The number of alkyl halides is 9. The van der Waals surface area contributed by atoms with Crippen molar-refractivity contribution in [2.24, 2.45) is 5.92 Å². The molecule has 16 nitrogen and oxygen atoms in total. The van der Waals surface area contributed by atoms with Gasteiger partial charge in [-0.25, -0.2) is 29.3 Å². The number of rotatable bonds is 4. The largest absolute Gasteiger partial charge is 0.490 e. The molecule has 1 saturated heterocycles. The molecule has 3 aromatic heterocycles. The van der Waals surface area contributed by atoms with Crippen LogP contribution in [0.2, 0.25) is 5.02 Å². The fourth-order valence-electron chi connectivity index (χ4n) is 5.20. The van der Waals surface area contributed by atoms with E-state index in [0.717, 1.165) is 78.6 Å². The number of pyridine rings is 1. The molecule has 6 rings (SSSR count). The number of aliphatic carboxylic acids is 3. The fraction of sp³-hybridized carbons (Fsp3) is 0.343. The van der Waals surface area contributed by atoms with Gasteiger partial charge in [0, 0.05) is 43.3 Å². The first-order valence-electron chi connectivity index (χ1n) is 17.2. The second-order valence-corrected chi connectivity index (χ2v) is 13.1. The van der Waals surface area contributed by atoms with Gasteiger partial charge < -0.3 is 36.2 Å². The number of carboxylic acids is 3. The molecule has 0 radical (unpaired) electrons. The van der Waals surface area contributed by atoms with Crippen LogP contribution in [0.25, 0.3) is 0 Å². The molecule has 6 N–H and O–H groups in total. The van der Waals surface area contributed by atoms with Crippen molar-refractivity contribution in [2.45, 2.75) is 57.6 Å². The zero-order chi connectivity index (χ0) is 45.7. The van der Waals surface area contributed by atoms with Gasteiger partial charge in [-0.05, 0) is 80.0 Å². The maximum Gasteiger partial charge on any atom is 0.490 e. The van der Waals surface area contributed by atoms with E-state index in [1.807, 2.05) is 43.5 Å². The highest BCUT2D eigenvalue weighted by molar-refractivity contribution is 6.32. The van der Waals surface area contributed by atoms with E-state index in [4.69, 9.17) is 41.3 Å². The monoisotopic (exact) mass is 897 g/mol. The van der Waals surface area contributed by atoms with Crippen molar-refractivity contribution in [3.63, 3.8) is 0 Å². The minimum Gasteiger partial charge on any atom is -0.475 e. The third-order valence-corrected chi connectivity index (χ3v) is 8.30. The number of piperidine rings is 1. The van der Waals surface area contributed by atoms with Crippen molar-refractivity contribution in [1.82, 2.24) is 24.9 Å². The molecule has 1 fully saturated rings. The Bertz CT molecular complexity index is 2110. The molecule has 0 aliphatic carbocycles. The highest BCUT2D eigenvalue weighted by atomic mass is 35.5. The summed E-state index contributed by atoms with van der Waals surface area (Å²) < 4.78 is 95.2. The van der Waals surface area contributed by atoms with E-state index in [1.165, 1.54) is 0 Å². The molecule has 330 valence electrons. The van der Waals surface area contributed by atoms with Crippen LogP contribution in [0.5, 0.6) is 0 Å². The van der Waals surface area contributed by atoms with Gasteiger partial charge in [0.2, 0.25) is 11.9 Å². The number of nitrogens with one attached hydrogen (secondary N) is 3. The predicted octanol–water partition coefficient (Wildman–Crippen LogP) is 7.35. The van der Waals surface area contributed by atoms with Gasteiger partial charge in [0.15, 0.2) is 5.82 Å². The SMILES string of the molecule is Cc1nccc(N2CCC(CC(=O)Nc3ccc4cc3CCc3cncc(c3)Nc3ncc(Cl)c(n3)N4)CC2)n1.O=C(O)C(F)(F)F.O=C(O)C(F)(F)F.O=C(O)C(F)(F)F. The van der Waals surface area contributed by atoms with E-state index in [0.29, 0.717) is 29.1 Å². The lowest BCUT2D eigenvalue weighted by molar-refractivity contribution is -0.193. The number of hydrogen-bond acceptors (Lipinski definition) is 12. The van der Waals surface area contributed by atoms with Gasteiger partial charge in [-0.15, -0.1) is 0 Å². The Labute approximate surface area is 343 Å². The number of carboxylic acid groups (broad SMARTS) is 3. The minimum absolute atomic E-state index is 0.0348. The Morgan fingerprint density at radius 1 is 0.787 bits per heavy atom. The van der Waals surface area contributed by atoms with Crippen LogP contribution in [-0.2, 0) is 32.0 Å². The summed E-state index contributed by atoms with van der Waals surface area (Å²) in [7, 11) is 0. The van der Waals surface area contributed by atoms with Crippen LogP contribution in [0, 0.1) is 12.8 Å². The molecule has 0 spiro atoms. The second-order valence-electron chi connectivity index (χ2n) is 12.6. The van der Waals surface area contributed by atoms with E-state index in [-0.39, 0.29) is 5.91 Å². The zero-order valence-electron chi connectivity index (χ0n) is 31.2. The number of aromatic nitrogens is 5. The highest BCUT2D eigenvalue weighted by Gasteiger charge is 2.39. The van der Waals surface area contributed by atoms with Crippen LogP contribution in [0.15, 0.2) is 55.1 Å². The summed E-state index contributed by atoms with van der Waals surface area (Å²) >= 11 is 6.38. The minimum atomic E-state index is -5.08. The van der Waals surface area contributed by atoms with E-state index in [1.54, 1.807) is 18.6 Å². The summed E-state index contributed by atoms with van der Waals surface area (Å²) in [4.78, 5) is 64.0. The molecule has 2 aliphatic heterocycles. The quantitative estimate of drug-likeness (QED) is 0.110. The molecular weight excluding hydrogens is 865 g/mol. The van der Waals surface area contributed by atoms with Crippen LogP contribution >= 0.6 is 11.6 Å². The highest BCUT2D eigenvalue weighted by Crippen LogP contribution is 2.30. The Morgan fingerprint density at radius 3 is 1.93 bits per heavy atom. The van der Waals surface area contributed by atoms with Gasteiger partial charge in [0.1, 0.15) is 16.7 Å². The molecule has 1 amide bonds. The van der Waals surface area contributed by atoms with Crippen molar-refractivity contribution in [3.05, 3.63) is 77.1 Å². The Hall–Kier alpha value is -6.53. The van der Waals surface area contributed by atoms with Crippen molar-refractivity contribution < 1.29 is 74.0 Å². The fourth-order valence-corrected chi connectivity index (χ4v) is 5.34. The standard InChI is InChI=1S/C29H30ClN9O.3C2HF3O2/c1-18-32-9-6-26(34-18)39-10-7-19(8-11-39)13-27(40)37-25-5-4-22-14-21(25)3-2-20-12-23(16-31-15-20)36-29-33-17-24(30)28(35-22)38-29;3*3-2(4,5)1(6)7/h4-6,9,12,14-17,19H,2-3,7-8,10-11,13H2,1H3,(H,37,40)(H2,33,35,36,38);3*(H,6,7). The van der Waals surface area contributed by atoms with Crippen molar-refractivity contribution >= 4 is 70.1 Å². The van der Waals surface area contributed by atoms with Crippen molar-refractivity contribution in [3.8, 4) is 0 Å². The smallest absolute Gasteiger partial charge is 0.475 e. The number of hydrogen-bond donors (Lipinski definition) is 6. The summed E-state index contributed by atoms with van der Waals surface area (Å²) in [5.41, 5.74) is 4.54. The maximum atomic E-state index is 13.2. The summed E-state index contributed by atoms with van der Waals surface area (Å²) in [6.07, 6.45) is -4.42. The first-order chi connectivity index (χ1) is 28.3. The predicted molar refractivity (Wildman–Crippen MR) is 198 cm³/mol. The number of aryl methyl sites for hydroxylation is 3. The number of benzene rings is 1. The molecule has 61 heavy (non-hydrogen) atoms. The number of fused-ring (bicyclic) bond motifs is 6. The Balaban J connectivity index is 0.000000390. The van der Waals surface area contributed by atoms with Gasteiger partial charge in [-0.1, -0.05) is 11.6 Å². The van der Waals surface area contributed by atoms with Gasteiger partial charge in [-0.3, -0.25) is 9.78 Å². The topological polar surface area (TPSA) is 233 Å². The number of anilines is 6. The third-order valence-electron chi connectivity index (χ3n) is 8.02. The van der Waals surface area contributed by atoms with Crippen LogP contribution in [0.3, 0.4) is 0 Å². The molecule has 2 aliphatic rings. The van der Waals surface area contributed by atoms with Gasteiger partial charge in [-0.2, -0.15) is 44.5 Å². The normalized spacial score (nSPS) is 13.8. The first kappa shape index (κ1) is 48.8. The molecule has 4 aromatic rings. The van der Waals surface area contributed by atoms with Crippen LogP contribution in [0.4, 0.5) is 74.2 Å².